The van der Waals surface area contributed by atoms with Crippen LogP contribution in [0.4, 0.5) is 5.69 Å². The number of hydrogen-bond acceptors (Lipinski definition) is 4. The lowest BCUT2D eigenvalue weighted by Crippen LogP contribution is -2.23. The largest absolute Gasteiger partial charge is 0.423 e. The maximum atomic E-state index is 12.2. The monoisotopic (exact) mass is 352 g/mol. The van der Waals surface area contributed by atoms with Crippen molar-refractivity contribution in [3.8, 4) is 5.75 Å². The van der Waals surface area contributed by atoms with E-state index in [1.165, 1.54) is 6.92 Å². The second kappa shape index (κ2) is 7.82. The summed E-state index contributed by atoms with van der Waals surface area (Å²) in [6, 6.07) is 13.6. The fourth-order valence-electron chi connectivity index (χ4n) is 2.81. The van der Waals surface area contributed by atoms with Crippen LogP contribution in [0, 0.1) is 0 Å². The molecule has 6 heteroatoms. The first-order chi connectivity index (χ1) is 12.5. The van der Waals surface area contributed by atoms with Crippen LogP contribution < -0.4 is 10.1 Å². The SMILES string of the molecule is CC(=O)Nc1ccc(OC(=O)c2ccc(CN3CCCC3=O)cc2)cc1. The fourth-order valence-corrected chi connectivity index (χ4v) is 2.81. The zero-order valence-corrected chi connectivity index (χ0v) is 14.5. The van der Waals surface area contributed by atoms with E-state index in [4.69, 9.17) is 4.74 Å². The quantitative estimate of drug-likeness (QED) is 0.663. The van der Waals surface area contributed by atoms with Gasteiger partial charge in [-0.1, -0.05) is 12.1 Å². The Morgan fingerprint density at radius 3 is 2.35 bits per heavy atom. The minimum Gasteiger partial charge on any atom is -0.423 e. The number of nitrogens with one attached hydrogen (secondary N) is 1. The summed E-state index contributed by atoms with van der Waals surface area (Å²) in [5.41, 5.74) is 2.06. The molecule has 0 spiro atoms. The predicted octanol–water partition coefficient (Wildman–Crippen LogP) is 2.99. The third kappa shape index (κ3) is 4.47. The first kappa shape index (κ1) is 17.7. The molecule has 2 aromatic carbocycles. The van der Waals surface area contributed by atoms with Crippen molar-refractivity contribution in [3.05, 3.63) is 59.7 Å². The topological polar surface area (TPSA) is 75.7 Å². The molecule has 0 aliphatic carbocycles. The number of rotatable bonds is 5. The Kier molecular flexibility index (Phi) is 5.31. The third-order valence-electron chi connectivity index (χ3n) is 4.12. The zero-order valence-electron chi connectivity index (χ0n) is 14.5. The molecule has 0 aromatic heterocycles. The van der Waals surface area contributed by atoms with Gasteiger partial charge in [-0.2, -0.15) is 0 Å². The minimum absolute atomic E-state index is 0.162. The van der Waals surface area contributed by atoms with Crippen LogP contribution in [0.1, 0.15) is 35.7 Å². The van der Waals surface area contributed by atoms with Gasteiger partial charge >= 0.3 is 5.97 Å². The molecule has 1 fully saturated rings. The number of hydrogen-bond donors (Lipinski definition) is 1. The maximum absolute atomic E-state index is 12.2. The molecule has 1 aliphatic rings. The van der Waals surface area contributed by atoms with E-state index in [0.717, 1.165) is 18.5 Å². The van der Waals surface area contributed by atoms with Gasteiger partial charge in [0, 0.05) is 32.1 Å². The van der Waals surface area contributed by atoms with Gasteiger partial charge in [-0.05, 0) is 48.4 Å². The van der Waals surface area contributed by atoms with Crippen molar-refractivity contribution in [3.63, 3.8) is 0 Å². The lowest BCUT2D eigenvalue weighted by atomic mass is 10.1. The maximum Gasteiger partial charge on any atom is 0.343 e. The van der Waals surface area contributed by atoms with Crippen LogP contribution in [0.25, 0.3) is 0 Å². The van der Waals surface area contributed by atoms with Gasteiger partial charge in [-0.15, -0.1) is 0 Å². The van der Waals surface area contributed by atoms with Crippen molar-refractivity contribution in [2.45, 2.75) is 26.3 Å². The smallest absolute Gasteiger partial charge is 0.343 e. The van der Waals surface area contributed by atoms with Gasteiger partial charge in [-0.25, -0.2) is 4.79 Å². The van der Waals surface area contributed by atoms with Crippen molar-refractivity contribution >= 4 is 23.5 Å². The fraction of sp³-hybridized carbons (Fsp3) is 0.250. The molecule has 26 heavy (non-hydrogen) atoms. The average Bonchev–Trinajstić information content (AvgIpc) is 3.01. The molecule has 134 valence electrons. The molecule has 2 amide bonds. The Morgan fingerprint density at radius 1 is 1.08 bits per heavy atom. The van der Waals surface area contributed by atoms with Gasteiger partial charge in [0.2, 0.25) is 11.8 Å². The lowest BCUT2D eigenvalue weighted by Gasteiger charge is -2.15. The molecular formula is C20H20N2O4. The van der Waals surface area contributed by atoms with Crippen LogP contribution in [0.5, 0.6) is 5.75 Å². The Hall–Kier alpha value is -3.15. The summed E-state index contributed by atoms with van der Waals surface area (Å²) in [5, 5.41) is 2.65. The Labute approximate surface area is 151 Å². The molecular weight excluding hydrogens is 332 g/mol. The normalized spacial score (nSPS) is 13.6. The summed E-state index contributed by atoms with van der Waals surface area (Å²) in [4.78, 5) is 36.7. The van der Waals surface area contributed by atoms with E-state index < -0.39 is 5.97 Å². The highest BCUT2D eigenvalue weighted by atomic mass is 16.5. The summed E-state index contributed by atoms with van der Waals surface area (Å²) in [6.45, 7) is 2.78. The standard InChI is InChI=1S/C20H20N2O4/c1-14(23)21-17-8-10-18(11-9-17)26-20(25)16-6-4-15(5-7-16)13-22-12-2-3-19(22)24/h4-11H,2-3,12-13H2,1H3,(H,21,23). The van der Waals surface area contributed by atoms with E-state index in [0.29, 0.717) is 30.0 Å². The second-order valence-corrected chi connectivity index (χ2v) is 6.21. The van der Waals surface area contributed by atoms with Gasteiger partial charge in [0.15, 0.2) is 0 Å². The molecule has 6 nitrogen and oxygen atoms in total. The number of amides is 2. The van der Waals surface area contributed by atoms with Crippen molar-refractivity contribution < 1.29 is 19.1 Å². The van der Waals surface area contributed by atoms with Gasteiger partial charge in [0.1, 0.15) is 5.75 Å². The molecule has 0 unspecified atom stereocenters. The molecule has 1 aliphatic heterocycles. The van der Waals surface area contributed by atoms with Gasteiger partial charge < -0.3 is 15.0 Å². The minimum atomic E-state index is -0.457. The van der Waals surface area contributed by atoms with Gasteiger partial charge in [0.25, 0.3) is 0 Å². The summed E-state index contributed by atoms with van der Waals surface area (Å²) >= 11 is 0. The third-order valence-corrected chi connectivity index (χ3v) is 4.12. The van der Waals surface area contributed by atoms with Crippen LogP contribution in [0.2, 0.25) is 0 Å². The molecule has 3 rings (SSSR count). The molecule has 0 atom stereocenters. The highest BCUT2D eigenvalue weighted by Crippen LogP contribution is 2.18. The van der Waals surface area contributed by atoms with E-state index in [2.05, 4.69) is 5.32 Å². The average molecular weight is 352 g/mol. The van der Waals surface area contributed by atoms with E-state index in [9.17, 15) is 14.4 Å². The highest BCUT2D eigenvalue weighted by molar-refractivity contribution is 5.91. The summed E-state index contributed by atoms with van der Waals surface area (Å²) in [6.07, 6.45) is 1.52. The zero-order chi connectivity index (χ0) is 18.5. The van der Waals surface area contributed by atoms with Crippen LogP contribution in [-0.4, -0.2) is 29.2 Å². The summed E-state index contributed by atoms with van der Waals surface area (Å²) < 4.78 is 5.33. The number of nitrogens with zero attached hydrogens (tertiary/aromatic N) is 1. The molecule has 0 bridgehead atoms. The Bertz CT molecular complexity index is 813. The van der Waals surface area contributed by atoms with Crippen molar-refractivity contribution in [1.29, 1.82) is 0 Å². The number of carbonyl (C=O) groups excluding carboxylic acids is 3. The number of esters is 1. The number of likely N-dealkylation sites (tertiary alicyclic amines) is 1. The second-order valence-electron chi connectivity index (χ2n) is 6.21. The number of carbonyl (C=O) groups is 3. The molecule has 2 aromatic rings. The number of ether oxygens (including phenoxy) is 1. The summed E-state index contributed by atoms with van der Waals surface area (Å²) in [7, 11) is 0. The van der Waals surface area contributed by atoms with E-state index in [1.807, 2.05) is 17.0 Å². The molecule has 1 N–H and O–H groups in total. The molecule has 0 radical (unpaired) electrons. The number of benzene rings is 2. The van der Waals surface area contributed by atoms with E-state index >= 15 is 0 Å². The first-order valence-electron chi connectivity index (χ1n) is 8.48. The van der Waals surface area contributed by atoms with Crippen molar-refractivity contribution in [2.24, 2.45) is 0 Å². The number of anilines is 1. The summed E-state index contributed by atoms with van der Waals surface area (Å²) in [5.74, 6) is -0.0430. The van der Waals surface area contributed by atoms with Crippen LogP contribution in [0.15, 0.2) is 48.5 Å². The predicted molar refractivity (Wildman–Crippen MR) is 96.8 cm³/mol. The Balaban J connectivity index is 1.59. The molecule has 0 saturated carbocycles. The van der Waals surface area contributed by atoms with E-state index in [1.54, 1.807) is 36.4 Å². The van der Waals surface area contributed by atoms with Crippen LogP contribution in [0.3, 0.4) is 0 Å². The van der Waals surface area contributed by atoms with E-state index in [-0.39, 0.29) is 11.8 Å². The van der Waals surface area contributed by atoms with Gasteiger partial charge in [0.05, 0.1) is 5.56 Å². The van der Waals surface area contributed by atoms with Crippen molar-refractivity contribution in [2.75, 3.05) is 11.9 Å². The lowest BCUT2D eigenvalue weighted by molar-refractivity contribution is -0.128. The first-order valence-corrected chi connectivity index (χ1v) is 8.48. The van der Waals surface area contributed by atoms with Crippen molar-refractivity contribution in [1.82, 2.24) is 4.90 Å². The van der Waals surface area contributed by atoms with Crippen LogP contribution >= 0.6 is 0 Å². The highest BCUT2D eigenvalue weighted by Gasteiger charge is 2.20. The molecule has 1 heterocycles. The van der Waals surface area contributed by atoms with Gasteiger partial charge in [-0.3, -0.25) is 9.59 Å². The molecule has 1 saturated heterocycles. The Morgan fingerprint density at radius 2 is 1.77 bits per heavy atom. The van der Waals surface area contributed by atoms with Crippen LogP contribution in [-0.2, 0) is 16.1 Å².